The van der Waals surface area contributed by atoms with Gasteiger partial charge in [0.05, 0.1) is 12.6 Å². The second kappa shape index (κ2) is 4.79. The largest absolute Gasteiger partial charge is 0.383 e. The Labute approximate surface area is 72.0 Å². The minimum atomic E-state index is 0.177. The first-order valence-electron chi connectivity index (χ1n) is 3.79. The number of hydrogen-bond acceptors (Lipinski definition) is 4. The minimum absolute atomic E-state index is 0.177. The number of ether oxygens (including phenoxy) is 1. The fraction of sp³-hybridized carbons (Fsp3) is 0.500. The van der Waals surface area contributed by atoms with Gasteiger partial charge in [0, 0.05) is 25.1 Å². The molecule has 0 spiro atoms. The number of methoxy groups -OCH3 is 1. The zero-order valence-corrected chi connectivity index (χ0v) is 7.32. The Morgan fingerprint density at radius 3 is 2.67 bits per heavy atom. The summed E-state index contributed by atoms with van der Waals surface area (Å²) in [6.45, 7) is 0.629. The fourth-order valence-corrected chi connectivity index (χ4v) is 1.00. The van der Waals surface area contributed by atoms with Crippen LogP contribution in [0, 0.1) is 0 Å². The monoisotopic (exact) mass is 167 g/mol. The zero-order chi connectivity index (χ0) is 8.81. The molecule has 1 rings (SSSR count). The average molecular weight is 167 g/mol. The Morgan fingerprint density at radius 1 is 1.50 bits per heavy atom. The van der Waals surface area contributed by atoms with Gasteiger partial charge in [-0.05, 0) is 7.05 Å². The molecular weight excluding hydrogens is 154 g/mol. The number of aromatic nitrogens is 2. The van der Waals surface area contributed by atoms with Gasteiger partial charge in [0.25, 0.3) is 0 Å². The number of hydrogen-bond donors (Lipinski definition) is 1. The summed E-state index contributed by atoms with van der Waals surface area (Å²) in [5.74, 6) is 0. The number of likely N-dealkylation sites (N-methyl/N-ethyl adjacent to an activating group) is 1. The highest BCUT2D eigenvalue weighted by Gasteiger charge is 2.07. The summed E-state index contributed by atoms with van der Waals surface area (Å²) in [5.41, 5.74) is 1.04. The molecule has 0 aliphatic rings. The molecule has 1 unspecified atom stereocenters. The van der Waals surface area contributed by atoms with Gasteiger partial charge in [-0.25, -0.2) is 9.97 Å². The van der Waals surface area contributed by atoms with E-state index >= 15 is 0 Å². The van der Waals surface area contributed by atoms with Gasteiger partial charge in [0.2, 0.25) is 0 Å². The van der Waals surface area contributed by atoms with Crippen molar-refractivity contribution in [3.63, 3.8) is 0 Å². The second-order valence-electron chi connectivity index (χ2n) is 2.47. The fourth-order valence-electron chi connectivity index (χ4n) is 1.00. The van der Waals surface area contributed by atoms with Gasteiger partial charge in [0.1, 0.15) is 6.33 Å². The predicted octanol–water partition coefficient (Wildman–Crippen LogP) is 0.383. The van der Waals surface area contributed by atoms with Crippen LogP contribution in [0.25, 0.3) is 0 Å². The van der Waals surface area contributed by atoms with E-state index < -0.39 is 0 Å². The van der Waals surface area contributed by atoms with Crippen LogP contribution in [0.3, 0.4) is 0 Å². The van der Waals surface area contributed by atoms with Crippen LogP contribution in [0.5, 0.6) is 0 Å². The summed E-state index contributed by atoms with van der Waals surface area (Å²) in [4.78, 5) is 7.86. The Balaban J connectivity index is 2.66. The molecule has 66 valence electrons. The molecule has 1 N–H and O–H groups in total. The summed E-state index contributed by atoms with van der Waals surface area (Å²) in [6, 6.07) is 0.177. The van der Waals surface area contributed by atoms with Gasteiger partial charge in [-0.3, -0.25) is 0 Å². The van der Waals surface area contributed by atoms with E-state index in [1.54, 1.807) is 19.5 Å². The van der Waals surface area contributed by atoms with Gasteiger partial charge in [-0.15, -0.1) is 0 Å². The van der Waals surface area contributed by atoms with Gasteiger partial charge in [-0.1, -0.05) is 0 Å². The molecule has 0 aliphatic heterocycles. The van der Waals surface area contributed by atoms with Crippen LogP contribution in [0.15, 0.2) is 18.7 Å². The van der Waals surface area contributed by atoms with Crippen LogP contribution in [0.1, 0.15) is 11.6 Å². The lowest BCUT2D eigenvalue weighted by Crippen LogP contribution is -2.21. The molecule has 4 nitrogen and oxygen atoms in total. The number of nitrogens with one attached hydrogen (secondary N) is 1. The van der Waals surface area contributed by atoms with E-state index in [9.17, 15) is 0 Å². The molecule has 0 amide bonds. The van der Waals surface area contributed by atoms with Crippen molar-refractivity contribution in [2.24, 2.45) is 0 Å². The molecule has 1 aromatic heterocycles. The van der Waals surface area contributed by atoms with Crippen molar-refractivity contribution in [3.05, 3.63) is 24.3 Å². The number of nitrogens with zero attached hydrogens (tertiary/aromatic N) is 2. The Morgan fingerprint density at radius 2 is 2.17 bits per heavy atom. The van der Waals surface area contributed by atoms with Gasteiger partial charge >= 0.3 is 0 Å². The first-order valence-corrected chi connectivity index (χ1v) is 3.79. The van der Waals surface area contributed by atoms with E-state index in [0.29, 0.717) is 6.61 Å². The smallest absolute Gasteiger partial charge is 0.115 e. The van der Waals surface area contributed by atoms with Crippen molar-refractivity contribution >= 4 is 0 Å². The van der Waals surface area contributed by atoms with Crippen molar-refractivity contribution in [2.75, 3.05) is 20.8 Å². The standard InChI is InChI=1S/C8H13N3O/c1-9-8(5-12-2)7-3-10-6-11-4-7/h3-4,6,8-9H,5H2,1-2H3. The summed E-state index contributed by atoms with van der Waals surface area (Å²) >= 11 is 0. The first-order chi connectivity index (χ1) is 5.88. The lowest BCUT2D eigenvalue weighted by atomic mass is 10.2. The maximum absolute atomic E-state index is 5.03. The van der Waals surface area contributed by atoms with Crippen LogP contribution in [0.4, 0.5) is 0 Å². The third-order valence-electron chi connectivity index (χ3n) is 1.66. The molecule has 12 heavy (non-hydrogen) atoms. The van der Waals surface area contributed by atoms with Crippen LogP contribution in [-0.4, -0.2) is 30.7 Å². The molecule has 1 atom stereocenters. The first kappa shape index (κ1) is 9.09. The second-order valence-corrected chi connectivity index (χ2v) is 2.47. The molecule has 0 fully saturated rings. The Bertz CT molecular complexity index is 215. The quantitative estimate of drug-likeness (QED) is 0.704. The molecule has 0 aliphatic carbocycles. The highest BCUT2D eigenvalue weighted by atomic mass is 16.5. The average Bonchev–Trinajstić information content (AvgIpc) is 2.15. The third-order valence-corrected chi connectivity index (χ3v) is 1.66. The van der Waals surface area contributed by atoms with Gasteiger partial charge < -0.3 is 10.1 Å². The SMILES string of the molecule is CNC(COC)c1cncnc1. The molecule has 0 bridgehead atoms. The van der Waals surface area contributed by atoms with Crippen molar-refractivity contribution in [3.8, 4) is 0 Å². The summed E-state index contributed by atoms with van der Waals surface area (Å²) in [7, 11) is 3.56. The molecule has 0 aromatic carbocycles. The zero-order valence-electron chi connectivity index (χ0n) is 7.32. The van der Waals surface area contributed by atoms with Crippen LogP contribution in [0.2, 0.25) is 0 Å². The van der Waals surface area contributed by atoms with Crippen LogP contribution >= 0.6 is 0 Å². The summed E-state index contributed by atoms with van der Waals surface area (Å²) in [6.07, 6.45) is 5.09. The van der Waals surface area contributed by atoms with E-state index in [1.165, 1.54) is 6.33 Å². The molecule has 0 saturated carbocycles. The van der Waals surface area contributed by atoms with E-state index in [2.05, 4.69) is 15.3 Å². The topological polar surface area (TPSA) is 47.0 Å². The van der Waals surface area contributed by atoms with E-state index in [0.717, 1.165) is 5.56 Å². The lowest BCUT2D eigenvalue weighted by Gasteiger charge is -2.13. The van der Waals surface area contributed by atoms with Crippen molar-refractivity contribution in [1.82, 2.24) is 15.3 Å². The molecule has 0 radical (unpaired) electrons. The number of rotatable bonds is 4. The third kappa shape index (κ3) is 2.25. The normalized spacial score (nSPS) is 12.8. The molecule has 1 heterocycles. The summed E-state index contributed by atoms with van der Waals surface area (Å²) < 4.78 is 5.03. The highest BCUT2D eigenvalue weighted by Crippen LogP contribution is 2.08. The van der Waals surface area contributed by atoms with Crippen LogP contribution in [-0.2, 0) is 4.74 Å². The molecule has 4 heteroatoms. The van der Waals surface area contributed by atoms with E-state index in [1.807, 2.05) is 7.05 Å². The van der Waals surface area contributed by atoms with Crippen LogP contribution < -0.4 is 5.32 Å². The summed E-state index contributed by atoms with van der Waals surface area (Å²) in [5, 5.41) is 3.11. The highest BCUT2D eigenvalue weighted by molar-refractivity contribution is 5.08. The van der Waals surface area contributed by atoms with Gasteiger partial charge in [0.15, 0.2) is 0 Å². The Kier molecular flexibility index (Phi) is 3.63. The molecular formula is C8H13N3O. The molecule has 1 aromatic rings. The van der Waals surface area contributed by atoms with E-state index in [-0.39, 0.29) is 6.04 Å². The van der Waals surface area contributed by atoms with Crippen molar-refractivity contribution < 1.29 is 4.74 Å². The van der Waals surface area contributed by atoms with Crippen molar-refractivity contribution in [1.29, 1.82) is 0 Å². The van der Waals surface area contributed by atoms with Crippen molar-refractivity contribution in [2.45, 2.75) is 6.04 Å². The minimum Gasteiger partial charge on any atom is -0.383 e. The molecule has 0 saturated heterocycles. The maximum Gasteiger partial charge on any atom is 0.115 e. The van der Waals surface area contributed by atoms with Gasteiger partial charge in [-0.2, -0.15) is 0 Å². The predicted molar refractivity (Wildman–Crippen MR) is 45.7 cm³/mol. The maximum atomic E-state index is 5.03. The lowest BCUT2D eigenvalue weighted by molar-refractivity contribution is 0.170. The van der Waals surface area contributed by atoms with E-state index in [4.69, 9.17) is 4.74 Å². The Hall–Kier alpha value is -1.00.